The maximum atomic E-state index is 12.1. The van der Waals surface area contributed by atoms with Crippen LogP contribution < -0.4 is 5.32 Å². The van der Waals surface area contributed by atoms with Crippen LogP contribution in [0, 0.1) is 0 Å². The maximum absolute atomic E-state index is 12.1. The quantitative estimate of drug-likeness (QED) is 0.897. The van der Waals surface area contributed by atoms with Gasteiger partial charge in [-0.05, 0) is 42.7 Å². The van der Waals surface area contributed by atoms with Crippen molar-refractivity contribution in [2.24, 2.45) is 0 Å². The van der Waals surface area contributed by atoms with E-state index in [2.05, 4.69) is 11.4 Å². The van der Waals surface area contributed by atoms with Gasteiger partial charge in [-0.2, -0.15) is 11.8 Å². The molecule has 1 amide bonds. The number of rotatable bonds is 4. The number of aliphatic hydroxyl groups is 1. The lowest BCUT2D eigenvalue weighted by Crippen LogP contribution is -2.48. The first-order valence-electron chi connectivity index (χ1n) is 6.89. The molecule has 0 bridgehead atoms. The summed E-state index contributed by atoms with van der Waals surface area (Å²) in [5.41, 5.74) is 0.0238. The van der Waals surface area contributed by atoms with Crippen LogP contribution in [-0.4, -0.2) is 34.7 Å². The number of hydrogen-bond donors (Lipinski definition) is 2. The fourth-order valence-electron chi connectivity index (χ4n) is 2.68. The van der Waals surface area contributed by atoms with Crippen LogP contribution in [0.1, 0.15) is 24.8 Å². The molecule has 0 aromatic heterocycles. The standard InChI is InChI=1S/C15H18ClNO2S/c16-12-3-1-2-11(8-12)14(4-5-14)9-17-13(18)15(19)6-7-20-10-15/h1-3,8,19H,4-7,9-10H2,(H,17,18). The van der Waals surface area contributed by atoms with Crippen molar-refractivity contribution >= 4 is 29.3 Å². The van der Waals surface area contributed by atoms with Crippen LogP contribution >= 0.6 is 23.4 Å². The van der Waals surface area contributed by atoms with E-state index in [1.165, 1.54) is 5.56 Å². The lowest BCUT2D eigenvalue weighted by Gasteiger charge is -2.23. The van der Waals surface area contributed by atoms with Crippen molar-refractivity contribution in [1.29, 1.82) is 0 Å². The Bertz CT molecular complexity index is 524. The van der Waals surface area contributed by atoms with Gasteiger partial charge in [0.1, 0.15) is 0 Å². The van der Waals surface area contributed by atoms with Crippen LogP contribution in [0.15, 0.2) is 24.3 Å². The fourth-order valence-corrected chi connectivity index (χ4v) is 4.11. The summed E-state index contributed by atoms with van der Waals surface area (Å²) in [6.45, 7) is 0.582. The summed E-state index contributed by atoms with van der Waals surface area (Å²) in [5.74, 6) is 1.13. The molecule has 1 aromatic carbocycles. The molecular weight excluding hydrogens is 294 g/mol. The van der Waals surface area contributed by atoms with Gasteiger partial charge in [-0.1, -0.05) is 23.7 Å². The highest BCUT2D eigenvalue weighted by Crippen LogP contribution is 2.48. The van der Waals surface area contributed by atoms with E-state index in [0.717, 1.165) is 23.6 Å². The minimum absolute atomic E-state index is 0.0165. The predicted octanol–water partition coefficient (Wildman–Crippen LogP) is 2.36. The first-order chi connectivity index (χ1) is 9.54. The number of carbonyl (C=O) groups excluding carboxylic acids is 1. The Balaban J connectivity index is 1.65. The summed E-state index contributed by atoms with van der Waals surface area (Å²) in [5, 5.41) is 13.9. The summed E-state index contributed by atoms with van der Waals surface area (Å²) in [7, 11) is 0. The topological polar surface area (TPSA) is 49.3 Å². The van der Waals surface area contributed by atoms with Crippen LogP contribution in [0.5, 0.6) is 0 Å². The molecule has 20 heavy (non-hydrogen) atoms. The Kier molecular flexibility index (Phi) is 3.73. The van der Waals surface area contributed by atoms with Crippen LogP contribution in [0.3, 0.4) is 0 Å². The van der Waals surface area contributed by atoms with E-state index in [-0.39, 0.29) is 11.3 Å². The molecule has 1 aliphatic heterocycles. The van der Waals surface area contributed by atoms with E-state index >= 15 is 0 Å². The van der Waals surface area contributed by atoms with Crippen molar-refractivity contribution in [2.45, 2.75) is 30.3 Å². The Labute approximate surface area is 128 Å². The van der Waals surface area contributed by atoms with Gasteiger partial charge in [-0.15, -0.1) is 0 Å². The zero-order chi connectivity index (χ0) is 14.2. The molecule has 2 aliphatic rings. The van der Waals surface area contributed by atoms with Crippen LogP contribution in [-0.2, 0) is 10.2 Å². The number of hydrogen-bond acceptors (Lipinski definition) is 3. The molecule has 0 radical (unpaired) electrons. The van der Waals surface area contributed by atoms with Crippen molar-refractivity contribution in [3.8, 4) is 0 Å². The van der Waals surface area contributed by atoms with Crippen molar-refractivity contribution < 1.29 is 9.90 Å². The molecule has 1 saturated heterocycles. The van der Waals surface area contributed by atoms with E-state index in [0.29, 0.717) is 18.7 Å². The summed E-state index contributed by atoms with van der Waals surface area (Å²) < 4.78 is 0. The zero-order valence-electron chi connectivity index (χ0n) is 11.2. The van der Waals surface area contributed by atoms with Gasteiger partial charge >= 0.3 is 0 Å². The van der Waals surface area contributed by atoms with E-state index < -0.39 is 5.60 Å². The van der Waals surface area contributed by atoms with Gasteiger partial charge < -0.3 is 10.4 Å². The van der Waals surface area contributed by atoms with E-state index in [4.69, 9.17) is 11.6 Å². The number of nitrogens with one attached hydrogen (secondary N) is 1. The summed E-state index contributed by atoms with van der Waals surface area (Å²) >= 11 is 7.67. The SMILES string of the molecule is O=C(NCC1(c2cccc(Cl)c2)CC1)C1(O)CCSC1. The van der Waals surface area contributed by atoms with Crippen molar-refractivity contribution in [2.75, 3.05) is 18.1 Å². The van der Waals surface area contributed by atoms with E-state index in [1.54, 1.807) is 11.8 Å². The Morgan fingerprint density at radius 3 is 2.80 bits per heavy atom. The van der Waals surface area contributed by atoms with Gasteiger partial charge in [0.15, 0.2) is 5.60 Å². The second-order valence-corrected chi connectivity index (χ2v) is 7.35. The van der Waals surface area contributed by atoms with E-state index in [1.807, 2.05) is 18.2 Å². The number of halogens is 1. The van der Waals surface area contributed by atoms with Crippen molar-refractivity contribution in [1.82, 2.24) is 5.32 Å². The Morgan fingerprint density at radius 2 is 2.20 bits per heavy atom. The highest BCUT2D eigenvalue weighted by Gasteiger charge is 2.46. The monoisotopic (exact) mass is 311 g/mol. The molecule has 2 N–H and O–H groups in total. The molecule has 108 valence electrons. The van der Waals surface area contributed by atoms with Crippen molar-refractivity contribution in [3.05, 3.63) is 34.9 Å². The van der Waals surface area contributed by atoms with Crippen LogP contribution in [0.4, 0.5) is 0 Å². The molecule has 1 heterocycles. The third kappa shape index (κ3) is 2.69. The first-order valence-corrected chi connectivity index (χ1v) is 8.42. The molecule has 1 saturated carbocycles. The minimum Gasteiger partial charge on any atom is -0.379 e. The van der Waals surface area contributed by atoms with Gasteiger partial charge in [-0.25, -0.2) is 0 Å². The number of amides is 1. The molecule has 1 atom stereocenters. The first kappa shape index (κ1) is 14.2. The normalized spacial score (nSPS) is 27.3. The number of benzene rings is 1. The van der Waals surface area contributed by atoms with Gasteiger partial charge in [-0.3, -0.25) is 4.79 Å². The summed E-state index contributed by atoms with van der Waals surface area (Å²) in [6.07, 6.45) is 2.66. The molecular formula is C15H18ClNO2S. The third-order valence-electron chi connectivity index (χ3n) is 4.30. The van der Waals surface area contributed by atoms with Crippen LogP contribution in [0.25, 0.3) is 0 Å². The molecule has 3 rings (SSSR count). The fraction of sp³-hybridized carbons (Fsp3) is 0.533. The number of carbonyl (C=O) groups is 1. The minimum atomic E-state index is -1.17. The lowest BCUT2D eigenvalue weighted by molar-refractivity contribution is -0.137. The summed E-state index contributed by atoms with van der Waals surface area (Å²) in [6, 6.07) is 7.84. The largest absolute Gasteiger partial charge is 0.379 e. The van der Waals surface area contributed by atoms with Crippen LogP contribution in [0.2, 0.25) is 5.02 Å². The molecule has 1 aromatic rings. The molecule has 1 aliphatic carbocycles. The lowest BCUT2D eigenvalue weighted by atomic mass is 9.95. The smallest absolute Gasteiger partial charge is 0.252 e. The van der Waals surface area contributed by atoms with Crippen molar-refractivity contribution in [3.63, 3.8) is 0 Å². The third-order valence-corrected chi connectivity index (χ3v) is 5.71. The second kappa shape index (κ2) is 5.24. The highest BCUT2D eigenvalue weighted by molar-refractivity contribution is 7.99. The van der Waals surface area contributed by atoms with Gasteiger partial charge in [0.2, 0.25) is 0 Å². The molecule has 0 spiro atoms. The molecule has 1 unspecified atom stereocenters. The molecule has 2 fully saturated rings. The average molecular weight is 312 g/mol. The second-order valence-electron chi connectivity index (χ2n) is 5.81. The maximum Gasteiger partial charge on any atom is 0.252 e. The van der Waals surface area contributed by atoms with Gasteiger partial charge in [0.05, 0.1) is 0 Å². The Morgan fingerprint density at radius 1 is 1.40 bits per heavy atom. The molecule has 3 nitrogen and oxygen atoms in total. The Hall–Kier alpha value is -0.710. The van der Waals surface area contributed by atoms with Gasteiger partial charge in [0.25, 0.3) is 5.91 Å². The zero-order valence-corrected chi connectivity index (χ0v) is 12.8. The molecule has 5 heteroatoms. The number of thioether (sulfide) groups is 1. The van der Waals surface area contributed by atoms with E-state index in [9.17, 15) is 9.90 Å². The predicted molar refractivity (Wildman–Crippen MR) is 82.3 cm³/mol. The van der Waals surface area contributed by atoms with Gasteiger partial charge in [0, 0.05) is 22.7 Å². The average Bonchev–Trinajstić information content (AvgIpc) is 3.11. The highest BCUT2D eigenvalue weighted by atomic mass is 35.5. The summed E-state index contributed by atoms with van der Waals surface area (Å²) in [4.78, 5) is 12.1.